The SMILES string of the molecule is CC1(C)c2ccccc2-c2ccc(-c3ccccc3N(c3ccccc3-c3ccccc3)c3ccc4c(oc5ccccc54)c3-c3ccccc3-n3c4ccccc4c4ccccc43)cc21. The van der Waals surface area contributed by atoms with Crippen molar-refractivity contribution in [2.45, 2.75) is 19.3 Å². The molecule has 312 valence electrons. The van der Waals surface area contributed by atoms with Gasteiger partial charge in [-0.25, -0.2) is 0 Å². The maximum Gasteiger partial charge on any atom is 0.145 e. The Labute approximate surface area is 384 Å². The molecule has 2 aromatic heterocycles. The van der Waals surface area contributed by atoms with Gasteiger partial charge in [0.05, 0.1) is 39.3 Å². The highest BCUT2D eigenvalue weighted by molar-refractivity contribution is 6.16. The number of fused-ring (bicyclic) bond motifs is 9. The number of hydrogen-bond donors (Lipinski definition) is 0. The van der Waals surface area contributed by atoms with Gasteiger partial charge in [-0.1, -0.05) is 190 Å². The summed E-state index contributed by atoms with van der Waals surface area (Å²) < 4.78 is 9.58. The van der Waals surface area contributed by atoms with Crippen LogP contribution in [0.15, 0.2) is 235 Å². The molecule has 0 radical (unpaired) electrons. The van der Waals surface area contributed by atoms with Crippen molar-refractivity contribution in [1.82, 2.24) is 4.57 Å². The number of rotatable bonds is 7. The molecule has 0 fully saturated rings. The van der Waals surface area contributed by atoms with Gasteiger partial charge in [-0.15, -0.1) is 0 Å². The van der Waals surface area contributed by atoms with Crippen molar-refractivity contribution in [3.63, 3.8) is 0 Å². The Bertz CT molecular complexity index is 3820. The standard InChI is InChI=1S/C63H44N2O/c1-63(2)52-29-13-6-24-45(52)46-37-36-42(40-53(46)63)44-23-8-15-31-55(44)65(54-30-14-7-22-43(54)41-20-4-3-5-21-41)59-39-38-50-49-27-12-19-35-60(49)66-62(50)61(59)51-28-11-18-34-58(51)64-56-32-16-9-25-47(56)48-26-10-17-33-57(48)64/h3-40H,1-2H3. The highest BCUT2D eigenvalue weighted by atomic mass is 16.3. The summed E-state index contributed by atoms with van der Waals surface area (Å²) in [4.78, 5) is 2.50. The lowest BCUT2D eigenvalue weighted by Crippen LogP contribution is -2.15. The lowest BCUT2D eigenvalue weighted by molar-refractivity contribution is 0.660. The molecule has 0 aliphatic heterocycles. The van der Waals surface area contributed by atoms with Gasteiger partial charge < -0.3 is 13.9 Å². The molecule has 0 amide bonds. The van der Waals surface area contributed by atoms with Gasteiger partial charge in [-0.3, -0.25) is 0 Å². The molecule has 0 N–H and O–H groups in total. The van der Waals surface area contributed by atoms with Crippen molar-refractivity contribution in [2.75, 3.05) is 4.90 Å². The molecule has 2 heterocycles. The van der Waals surface area contributed by atoms with Crippen LogP contribution in [0.5, 0.6) is 0 Å². The Kier molecular flexibility index (Phi) is 8.56. The summed E-state index contributed by atoms with van der Waals surface area (Å²) in [5.74, 6) is 0. The minimum atomic E-state index is -0.146. The molecule has 0 spiro atoms. The average Bonchev–Trinajstić information content (AvgIpc) is 4.00. The quantitative estimate of drug-likeness (QED) is 0.159. The fraction of sp³-hybridized carbons (Fsp3) is 0.0476. The summed E-state index contributed by atoms with van der Waals surface area (Å²) in [5, 5.41) is 4.61. The molecule has 12 aromatic rings. The summed E-state index contributed by atoms with van der Waals surface area (Å²) in [6.45, 7) is 4.72. The summed E-state index contributed by atoms with van der Waals surface area (Å²) in [6.07, 6.45) is 0. The van der Waals surface area contributed by atoms with Crippen LogP contribution in [0.1, 0.15) is 25.0 Å². The Morgan fingerprint density at radius 3 is 1.65 bits per heavy atom. The molecule has 0 saturated heterocycles. The molecule has 0 saturated carbocycles. The fourth-order valence-corrected chi connectivity index (χ4v) is 11.0. The lowest BCUT2D eigenvalue weighted by atomic mass is 9.81. The van der Waals surface area contributed by atoms with Crippen molar-refractivity contribution < 1.29 is 4.42 Å². The summed E-state index contributed by atoms with van der Waals surface area (Å²) in [5.41, 5.74) is 20.1. The van der Waals surface area contributed by atoms with E-state index in [1.807, 2.05) is 0 Å². The van der Waals surface area contributed by atoms with Crippen LogP contribution in [0.4, 0.5) is 17.1 Å². The summed E-state index contributed by atoms with van der Waals surface area (Å²) in [6, 6.07) is 83.9. The highest BCUT2D eigenvalue weighted by Gasteiger charge is 2.36. The molecule has 13 rings (SSSR count). The first kappa shape index (κ1) is 38.1. The smallest absolute Gasteiger partial charge is 0.145 e. The van der Waals surface area contributed by atoms with E-state index in [1.165, 1.54) is 38.6 Å². The third-order valence-electron chi connectivity index (χ3n) is 14.0. The zero-order valence-corrected chi connectivity index (χ0v) is 36.7. The van der Waals surface area contributed by atoms with Crippen molar-refractivity contribution in [3.05, 3.63) is 242 Å². The minimum Gasteiger partial charge on any atom is -0.455 e. The van der Waals surface area contributed by atoms with Gasteiger partial charge in [0.15, 0.2) is 0 Å². The van der Waals surface area contributed by atoms with Crippen molar-refractivity contribution >= 4 is 60.8 Å². The molecule has 3 heteroatoms. The van der Waals surface area contributed by atoms with Crippen molar-refractivity contribution in [3.8, 4) is 50.2 Å². The first-order valence-electron chi connectivity index (χ1n) is 22.9. The maximum atomic E-state index is 7.15. The molecular formula is C63H44N2O. The van der Waals surface area contributed by atoms with Crippen LogP contribution in [0, 0.1) is 0 Å². The first-order valence-corrected chi connectivity index (χ1v) is 22.9. The van der Waals surface area contributed by atoms with E-state index in [4.69, 9.17) is 4.42 Å². The second-order valence-electron chi connectivity index (χ2n) is 18.0. The second-order valence-corrected chi connectivity index (χ2v) is 18.0. The van der Waals surface area contributed by atoms with E-state index in [0.717, 1.165) is 83.5 Å². The zero-order chi connectivity index (χ0) is 43.9. The van der Waals surface area contributed by atoms with Crippen LogP contribution in [0.3, 0.4) is 0 Å². The normalized spacial score (nSPS) is 12.8. The molecule has 0 unspecified atom stereocenters. The Morgan fingerprint density at radius 1 is 0.379 bits per heavy atom. The summed E-state index contributed by atoms with van der Waals surface area (Å²) in [7, 11) is 0. The first-order chi connectivity index (χ1) is 32.5. The Balaban J connectivity index is 1.14. The third kappa shape index (κ3) is 5.70. The molecule has 1 aliphatic carbocycles. The number of para-hydroxylation sites is 6. The molecule has 66 heavy (non-hydrogen) atoms. The zero-order valence-electron chi connectivity index (χ0n) is 36.7. The minimum absolute atomic E-state index is 0.146. The van der Waals surface area contributed by atoms with Crippen LogP contribution in [0.25, 0.3) is 93.9 Å². The van der Waals surface area contributed by atoms with Gasteiger partial charge in [-0.05, 0) is 88.0 Å². The van der Waals surface area contributed by atoms with Crippen LogP contribution in [0.2, 0.25) is 0 Å². The average molecular weight is 845 g/mol. The van der Waals surface area contributed by atoms with Crippen LogP contribution in [-0.2, 0) is 5.41 Å². The van der Waals surface area contributed by atoms with Gasteiger partial charge >= 0.3 is 0 Å². The molecule has 0 atom stereocenters. The molecule has 3 nitrogen and oxygen atoms in total. The number of nitrogens with zero attached hydrogens (tertiary/aromatic N) is 2. The van der Waals surface area contributed by atoms with Crippen LogP contribution >= 0.6 is 0 Å². The van der Waals surface area contributed by atoms with Gasteiger partial charge in [0.25, 0.3) is 0 Å². The van der Waals surface area contributed by atoms with E-state index in [-0.39, 0.29) is 5.41 Å². The van der Waals surface area contributed by atoms with Gasteiger partial charge in [0, 0.05) is 43.7 Å². The van der Waals surface area contributed by atoms with E-state index in [9.17, 15) is 0 Å². The van der Waals surface area contributed by atoms with E-state index < -0.39 is 0 Å². The van der Waals surface area contributed by atoms with Crippen LogP contribution < -0.4 is 4.90 Å². The van der Waals surface area contributed by atoms with Crippen LogP contribution in [-0.4, -0.2) is 4.57 Å². The maximum absolute atomic E-state index is 7.15. The molecule has 1 aliphatic rings. The lowest BCUT2D eigenvalue weighted by Gasteiger charge is -2.32. The van der Waals surface area contributed by atoms with E-state index in [1.54, 1.807) is 0 Å². The van der Waals surface area contributed by atoms with E-state index in [0.29, 0.717) is 0 Å². The van der Waals surface area contributed by atoms with E-state index >= 15 is 0 Å². The van der Waals surface area contributed by atoms with Crippen molar-refractivity contribution in [1.29, 1.82) is 0 Å². The Hall–Kier alpha value is -8.40. The van der Waals surface area contributed by atoms with Gasteiger partial charge in [-0.2, -0.15) is 0 Å². The predicted octanol–water partition coefficient (Wildman–Crippen LogP) is 17.5. The van der Waals surface area contributed by atoms with Crippen molar-refractivity contribution in [2.24, 2.45) is 0 Å². The van der Waals surface area contributed by atoms with Gasteiger partial charge in [0.1, 0.15) is 11.2 Å². The second kappa shape index (κ2) is 14.8. The monoisotopic (exact) mass is 844 g/mol. The highest BCUT2D eigenvalue weighted by Crippen LogP contribution is 2.54. The fourth-order valence-electron chi connectivity index (χ4n) is 11.0. The molecule has 0 bridgehead atoms. The number of aromatic nitrogens is 1. The van der Waals surface area contributed by atoms with E-state index in [2.05, 4.69) is 254 Å². The predicted molar refractivity (Wildman–Crippen MR) is 277 cm³/mol. The number of furan rings is 1. The largest absolute Gasteiger partial charge is 0.455 e. The summed E-state index contributed by atoms with van der Waals surface area (Å²) >= 11 is 0. The number of anilines is 3. The topological polar surface area (TPSA) is 21.3 Å². The van der Waals surface area contributed by atoms with Gasteiger partial charge in [0.2, 0.25) is 0 Å². The number of benzene rings is 10. The Morgan fingerprint density at radius 2 is 0.924 bits per heavy atom. The molecular weight excluding hydrogens is 801 g/mol. The number of hydrogen-bond acceptors (Lipinski definition) is 2. The third-order valence-corrected chi connectivity index (χ3v) is 14.0. The molecule has 10 aromatic carbocycles.